The molecule has 2 heterocycles. The molecule has 1 aliphatic heterocycles. The van der Waals surface area contributed by atoms with Gasteiger partial charge in [-0.25, -0.2) is 0 Å². The molecule has 1 aromatic carbocycles. The number of carbonyl (C=O) groups excluding carboxylic acids is 1. The fourth-order valence-corrected chi connectivity index (χ4v) is 3.69. The highest BCUT2D eigenvalue weighted by atomic mass is 35.5. The van der Waals surface area contributed by atoms with E-state index >= 15 is 0 Å². The Morgan fingerprint density at radius 2 is 1.93 bits per heavy atom. The minimum atomic E-state index is 0. The second-order valence-electron chi connectivity index (χ2n) is 7.52. The zero-order valence-corrected chi connectivity index (χ0v) is 16.8. The Morgan fingerprint density at radius 1 is 1.19 bits per heavy atom. The average molecular weight is 389 g/mol. The van der Waals surface area contributed by atoms with Gasteiger partial charge in [0.25, 0.3) is 5.91 Å². The van der Waals surface area contributed by atoms with Crippen LogP contribution in [0.1, 0.15) is 60.3 Å². The van der Waals surface area contributed by atoms with E-state index in [-0.39, 0.29) is 18.3 Å². The normalized spacial score (nSPS) is 19.4. The van der Waals surface area contributed by atoms with Crippen LogP contribution in [0.25, 0.3) is 0 Å². The fourth-order valence-electron chi connectivity index (χ4n) is 3.69. The Morgan fingerprint density at radius 3 is 2.56 bits per heavy atom. The molecule has 0 spiro atoms. The first kappa shape index (κ1) is 19.9. The summed E-state index contributed by atoms with van der Waals surface area (Å²) in [6, 6.07) is 11.2. The van der Waals surface area contributed by atoms with Crippen LogP contribution in [0.4, 0.5) is 0 Å². The van der Waals surface area contributed by atoms with Gasteiger partial charge in [-0.1, -0.05) is 31.2 Å². The quantitative estimate of drug-likeness (QED) is 0.822. The number of halogens is 1. The molecule has 1 aliphatic carbocycles. The minimum absolute atomic E-state index is 0. The molecule has 2 fully saturated rings. The number of amides is 1. The number of rotatable bonds is 6. The maximum Gasteiger partial charge on any atom is 0.274 e. The van der Waals surface area contributed by atoms with E-state index in [2.05, 4.69) is 41.6 Å². The number of aromatic nitrogens is 2. The third-order valence-electron chi connectivity index (χ3n) is 5.51. The number of benzene rings is 1. The lowest BCUT2D eigenvalue weighted by atomic mass is 10.1. The molecule has 27 heavy (non-hydrogen) atoms. The van der Waals surface area contributed by atoms with Gasteiger partial charge in [0.05, 0.1) is 6.04 Å². The van der Waals surface area contributed by atoms with Gasteiger partial charge in [-0.2, -0.15) is 5.10 Å². The highest BCUT2D eigenvalue weighted by molar-refractivity contribution is 5.92. The van der Waals surface area contributed by atoms with Crippen LogP contribution in [0.5, 0.6) is 0 Å². The molecular weight excluding hydrogens is 360 g/mol. The predicted molar refractivity (Wildman–Crippen MR) is 109 cm³/mol. The van der Waals surface area contributed by atoms with E-state index in [4.69, 9.17) is 0 Å². The lowest BCUT2D eigenvalue weighted by Crippen LogP contribution is -2.34. The molecule has 1 amide bonds. The van der Waals surface area contributed by atoms with Gasteiger partial charge in [-0.3, -0.25) is 9.48 Å². The van der Waals surface area contributed by atoms with Crippen LogP contribution >= 0.6 is 12.4 Å². The Labute approximate surface area is 167 Å². The number of aryl methyl sites for hydroxylation is 1. The van der Waals surface area contributed by atoms with E-state index in [0.29, 0.717) is 24.3 Å². The highest BCUT2D eigenvalue weighted by Gasteiger charge is 2.34. The van der Waals surface area contributed by atoms with Crippen molar-refractivity contribution in [3.63, 3.8) is 0 Å². The second-order valence-corrected chi connectivity index (χ2v) is 7.52. The number of nitrogens with one attached hydrogen (secondary N) is 1. The number of hydrogen-bond acceptors (Lipinski definition) is 3. The minimum Gasteiger partial charge on any atom is -0.330 e. The van der Waals surface area contributed by atoms with Crippen LogP contribution in [0, 0.1) is 0 Å². The summed E-state index contributed by atoms with van der Waals surface area (Å²) in [5.41, 5.74) is 3.10. The van der Waals surface area contributed by atoms with Crippen molar-refractivity contribution in [1.82, 2.24) is 20.0 Å². The first-order valence-electron chi connectivity index (χ1n) is 9.89. The summed E-state index contributed by atoms with van der Waals surface area (Å²) < 4.78 is 1.97. The van der Waals surface area contributed by atoms with Gasteiger partial charge in [0.1, 0.15) is 5.69 Å². The van der Waals surface area contributed by atoms with Crippen molar-refractivity contribution in [3.05, 3.63) is 53.3 Å². The monoisotopic (exact) mass is 388 g/mol. The SMILES string of the molecule is CCc1ccc(CN(C(=O)c2ccn(C3CCCNC3)n2)C2CC2)cc1.Cl. The van der Waals surface area contributed by atoms with Crippen LogP contribution < -0.4 is 5.32 Å². The third-order valence-corrected chi connectivity index (χ3v) is 5.51. The van der Waals surface area contributed by atoms with Crippen LogP contribution in [-0.4, -0.2) is 39.7 Å². The van der Waals surface area contributed by atoms with E-state index in [1.54, 1.807) is 0 Å². The molecule has 1 unspecified atom stereocenters. The number of carbonyl (C=O) groups is 1. The van der Waals surface area contributed by atoms with Gasteiger partial charge >= 0.3 is 0 Å². The third kappa shape index (κ3) is 4.71. The Kier molecular flexibility index (Phi) is 6.55. The van der Waals surface area contributed by atoms with E-state index in [1.807, 2.05) is 21.8 Å². The van der Waals surface area contributed by atoms with Crippen molar-refractivity contribution in [3.8, 4) is 0 Å². The Hall–Kier alpha value is -1.85. The van der Waals surface area contributed by atoms with Gasteiger partial charge in [0.15, 0.2) is 0 Å². The smallest absolute Gasteiger partial charge is 0.274 e. The van der Waals surface area contributed by atoms with E-state index in [9.17, 15) is 4.79 Å². The van der Waals surface area contributed by atoms with Gasteiger partial charge in [-0.15, -0.1) is 12.4 Å². The largest absolute Gasteiger partial charge is 0.330 e. The average Bonchev–Trinajstić information content (AvgIpc) is 3.42. The molecule has 2 aromatic rings. The number of nitrogens with zero attached hydrogens (tertiary/aromatic N) is 3. The Bertz CT molecular complexity index is 748. The topological polar surface area (TPSA) is 50.2 Å². The molecule has 1 saturated carbocycles. The summed E-state index contributed by atoms with van der Waals surface area (Å²) in [6.07, 6.45) is 7.50. The summed E-state index contributed by atoms with van der Waals surface area (Å²) in [7, 11) is 0. The van der Waals surface area contributed by atoms with E-state index < -0.39 is 0 Å². The fraction of sp³-hybridized carbons (Fsp3) is 0.524. The lowest BCUT2D eigenvalue weighted by Gasteiger charge is -2.23. The van der Waals surface area contributed by atoms with Crippen molar-refractivity contribution in [2.45, 2.75) is 57.7 Å². The second kappa shape index (κ2) is 8.89. The van der Waals surface area contributed by atoms with Crippen molar-refractivity contribution in [2.75, 3.05) is 13.1 Å². The zero-order valence-electron chi connectivity index (χ0n) is 15.9. The number of hydrogen-bond donors (Lipinski definition) is 1. The molecule has 1 aromatic heterocycles. The zero-order chi connectivity index (χ0) is 17.9. The first-order chi connectivity index (χ1) is 12.7. The maximum absolute atomic E-state index is 13.1. The summed E-state index contributed by atoms with van der Waals surface area (Å²) in [5.74, 6) is 0.0644. The molecule has 2 aliphatic rings. The maximum atomic E-state index is 13.1. The Balaban J connectivity index is 0.00000210. The summed E-state index contributed by atoms with van der Waals surface area (Å²) in [6.45, 7) is 4.85. The summed E-state index contributed by atoms with van der Waals surface area (Å²) in [5, 5.41) is 8.03. The standard InChI is InChI=1S/C21H28N4O.ClH/c1-2-16-5-7-17(8-6-16)15-24(18-9-10-18)21(26)20-11-13-25(23-20)19-4-3-12-22-14-19;/h5-8,11,13,18-19,22H,2-4,9-10,12,14-15H2,1H3;1H. The van der Waals surface area contributed by atoms with Gasteiger partial charge in [0.2, 0.25) is 0 Å². The predicted octanol–water partition coefficient (Wildman–Crippen LogP) is 3.60. The molecule has 0 bridgehead atoms. The molecule has 1 N–H and O–H groups in total. The summed E-state index contributed by atoms with van der Waals surface area (Å²) in [4.78, 5) is 15.1. The van der Waals surface area contributed by atoms with Crippen LogP contribution in [0.3, 0.4) is 0 Å². The van der Waals surface area contributed by atoms with E-state index in [0.717, 1.165) is 45.2 Å². The molecule has 146 valence electrons. The molecule has 6 heteroatoms. The van der Waals surface area contributed by atoms with Gasteiger partial charge in [-0.05, 0) is 55.8 Å². The van der Waals surface area contributed by atoms with Crippen molar-refractivity contribution < 1.29 is 4.79 Å². The van der Waals surface area contributed by atoms with Crippen LogP contribution in [-0.2, 0) is 13.0 Å². The van der Waals surface area contributed by atoms with Crippen LogP contribution in [0.2, 0.25) is 0 Å². The van der Waals surface area contributed by atoms with Crippen LogP contribution in [0.15, 0.2) is 36.5 Å². The molecule has 0 radical (unpaired) electrons. The molecule has 4 rings (SSSR count). The molecule has 5 nitrogen and oxygen atoms in total. The lowest BCUT2D eigenvalue weighted by molar-refractivity contribution is 0.0722. The molecule has 1 saturated heterocycles. The van der Waals surface area contributed by atoms with E-state index in [1.165, 1.54) is 11.1 Å². The molecular formula is C21H29ClN4O. The van der Waals surface area contributed by atoms with Gasteiger partial charge < -0.3 is 10.2 Å². The highest BCUT2D eigenvalue weighted by Crippen LogP contribution is 2.30. The summed E-state index contributed by atoms with van der Waals surface area (Å²) >= 11 is 0. The van der Waals surface area contributed by atoms with Gasteiger partial charge in [0, 0.05) is 25.3 Å². The van der Waals surface area contributed by atoms with Crippen molar-refractivity contribution >= 4 is 18.3 Å². The number of piperidine rings is 1. The van der Waals surface area contributed by atoms with Crippen molar-refractivity contribution in [1.29, 1.82) is 0 Å². The van der Waals surface area contributed by atoms with Crippen molar-refractivity contribution in [2.24, 2.45) is 0 Å². The first-order valence-corrected chi connectivity index (χ1v) is 9.89. The molecule has 1 atom stereocenters.